The van der Waals surface area contributed by atoms with E-state index in [1.54, 1.807) is 24.3 Å². The predicted octanol–water partition coefficient (Wildman–Crippen LogP) is 1.40. The number of aldehydes is 1. The predicted molar refractivity (Wildman–Crippen MR) is 70.0 cm³/mol. The van der Waals surface area contributed by atoms with E-state index in [1.165, 1.54) is 0 Å². The molecule has 0 radical (unpaired) electrons. The van der Waals surface area contributed by atoms with Gasteiger partial charge in [-0.2, -0.15) is 0 Å². The molecule has 100 valence electrons. The Morgan fingerprint density at radius 3 is 2.50 bits per heavy atom. The number of hydrogen-bond acceptors (Lipinski definition) is 4. The average Bonchev–Trinajstić information content (AvgIpc) is 2.35. The van der Waals surface area contributed by atoms with Gasteiger partial charge in [0.05, 0.1) is 0 Å². The topological polar surface area (TPSA) is 83.6 Å². The summed E-state index contributed by atoms with van der Waals surface area (Å²) < 4.78 is 0. The van der Waals surface area contributed by atoms with Crippen molar-refractivity contribution in [1.29, 1.82) is 0 Å². The van der Waals surface area contributed by atoms with Gasteiger partial charge in [-0.3, -0.25) is 10.5 Å². The molecule has 0 bridgehead atoms. The van der Waals surface area contributed by atoms with Crippen LogP contribution >= 0.6 is 0 Å². The van der Waals surface area contributed by atoms with E-state index in [4.69, 9.17) is 5.73 Å². The molecule has 1 aromatic rings. The SMILES string of the molecule is CC(C)CC[C@H](O)[C@@](N)(O)c1ccccc1C=O. The number of carbonyl (C=O) groups is 1. The maximum Gasteiger partial charge on any atom is 0.166 e. The molecule has 2 atom stereocenters. The first kappa shape index (κ1) is 14.8. The first-order valence-corrected chi connectivity index (χ1v) is 6.13. The number of aliphatic hydroxyl groups is 2. The Kier molecular flexibility index (Phi) is 5.02. The van der Waals surface area contributed by atoms with Crippen LogP contribution in [-0.4, -0.2) is 22.6 Å². The summed E-state index contributed by atoms with van der Waals surface area (Å²) in [5.74, 6) is 0.414. The van der Waals surface area contributed by atoms with Gasteiger partial charge >= 0.3 is 0 Å². The molecule has 0 amide bonds. The minimum atomic E-state index is -1.90. The molecule has 18 heavy (non-hydrogen) atoms. The zero-order chi connectivity index (χ0) is 13.8. The Labute approximate surface area is 107 Å². The number of rotatable bonds is 6. The van der Waals surface area contributed by atoms with Crippen LogP contribution in [0.5, 0.6) is 0 Å². The highest BCUT2D eigenvalue weighted by Crippen LogP contribution is 2.25. The van der Waals surface area contributed by atoms with Crippen molar-refractivity contribution < 1.29 is 15.0 Å². The van der Waals surface area contributed by atoms with Gasteiger partial charge in [-0.05, 0) is 18.8 Å². The minimum Gasteiger partial charge on any atom is -0.388 e. The number of nitrogens with two attached hydrogens (primary N) is 1. The smallest absolute Gasteiger partial charge is 0.166 e. The molecule has 4 nitrogen and oxygen atoms in total. The van der Waals surface area contributed by atoms with Gasteiger partial charge in [-0.1, -0.05) is 38.1 Å². The minimum absolute atomic E-state index is 0.260. The van der Waals surface area contributed by atoms with Gasteiger partial charge in [0.25, 0.3) is 0 Å². The summed E-state index contributed by atoms with van der Waals surface area (Å²) in [5, 5.41) is 20.3. The number of benzene rings is 1. The van der Waals surface area contributed by atoms with Gasteiger partial charge in [-0.15, -0.1) is 0 Å². The van der Waals surface area contributed by atoms with Crippen molar-refractivity contribution in [2.75, 3.05) is 0 Å². The number of aliphatic hydroxyl groups excluding tert-OH is 1. The molecule has 0 aliphatic carbocycles. The molecule has 0 aliphatic heterocycles. The van der Waals surface area contributed by atoms with E-state index in [0.29, 0.717) is 24.2 Å². The van der Waals surface area contributed by atoms with E-state index in [2.05, 4.69) is 0 Å². The second kappa shape index (κ2) is 6.09. The number of carbonyl (C=O) groups excluding carboxylic acids is 1. The molecule has 0 heterocycles. The molecule has 0 saturated carbocycles. The fourth-order valence-corrected chi connectivity index (χ4v) is 1.86. The van der Waals surface area contributed by atoms with Crippen LogP contribution in [0.2, 0.25) is 0 Å². The highest BCUT2D eigenvalue weighted by atomic mass is 16.4. The van der Waals surface area contributed by atoms with Crippen molar-refractivity contribution in [2.45, 2.75) is 38.5 Å². The van der Waals surface area contributed by atoms with E-state index in [-0.39, 0.29) is 5.56 Å². The molecule has 4 N–H and O–H groups in total. The summed E-state index contributed by atoms with van der Waals surface area (Å²) in [6.45, 7) is 4.06. The first-order chi connectivity index (χ1) is 8.39. The largest absolute Gasteiger partial charge is 0.388 e. The van der Waals surface area contributed by atoms with E-state index in [9.17, 15) is 15.0 Å². The van der Waals surface area contributed by atoms with Crippen LogP contribution in [0.4, 0.5) is 0 Å². The molecule has 0 saturated heterocycles. The van der Waals surface area contributed by atoms with Crippen LogP contribution in [-0.2, 0) is 5.72 Å². The molecule has 1 aromatic carbocycles. The zero-order valence-electron chi connectivity index (χ0n) is 10.8. The van der Waals surface area contributed by atoms with Crippen LogP contribution in [0, 0.1) is 5.92 Å². The lowest BCUT2D eigenvalue weighted by Gasteiger charge is -2.30. The Bertz CT molecular complexity index is 402. The van der Waals surface area contributed by atoms with Crippen LogP contribution < -0.4 is 5.73 Å². The van der Waals surface area contributed by atoms with Crippen LogP contribution in [0.1, 0.15) is 42.6 Å². The number of hydrogen-bond donors (Lipinski definition) is 3. The summed E-state index contributed by atoms with van der Waals surface area (Å²) in [5.41, 5.74) is 4.45. The normalized spacial score (nSPS) is 16.3. The lowest BCUT2D eigenvalue weighted by molar-refractivity contribution is -0.0814. The van der Waals surface area contributed by atoms with Gasteiger partial charge < -0.3 is 10.2 Å². The van der Waals surface area contributed by atoms with Crippen molar-refractivity contribution in [3.8, 4) is 0 Å². The maximum atomic E-state index is 10.9. The van der Waals surface area contributed by atoms with Crippen LogP contribution in [0.15, 0.2) is 24.3 Å². The highest BCUT2D eigenvalue weighted by molar-refractivity contribution is 5.77. The summed E-state index contributed by atoms with van der Waals surface area (Å²) >= 11 is 0. The van der Waals surface area contributed by atoms with Crippen molar-refractivity contribution in [3.05, 3.63) is 35.4 Å². The summed E-state index contributed by atoms with van der Waals surface area (Å²) in [6.07, 6.45) is 0.672. The summed E-state index contributed by atoms with van der Waals surface area (Å²) in [4.78, 5) is 10.9. The Hall–Kier alpha value is -1.23. The quantitative estimate of drug-likeness (QED) is 0.527. The van der Waals surface area contributed by atoms with Gasteiger partial charge in [0.1, 0.15) is 12.4 Å². The molecular formula is C14H21NO3. The third-order valence-corrected chi connectivity index (χ3v) is 3.04. The Morgan fingerprint density at radius 2 is 1.94 bits per heavy atom. The van der Waals surface area contributed by atoms with Crippen molar-refractivity contribution in [1.82, 2.24) is 0 Å². The standard InChI is InChI=1S/C14H21NO3/c1-10(2)7-8-13(17)14(15,18)12-6-4-3-5-11(12)9-16/h3-6,9-10,13,17-18H,7-8,15H2,1-2H3/t13-,14-/m0/s1. The summed E-state index contributed by atoms with van der Waals surface area (Å²) in [7, 11) is 0. The second-order valence-corrected chi connectivity index (χ2v) is 5.02. The lowest BCUT2D eigenvalue weighted by Crippen LogP contribution is -2.48. The fourth-order valence-electron chi connectivity index (χ4n) is 1.86. The monoisotopic (exact) mass is 251 g/mol. The third-order valence-electron chi connectivity index (χ3n) is 3.04. The van der Waals surface area contributed by atoms with Gasteiger partial charge in [0.15, 0.2) is 5.72 Å². The third kappa shape index (κ3) is 3.38. The van der Waals surface area contributed by atoms with E-state index >= 15 is 0 Å². The van der Waals surface area contributed by atoms with Crippen molar-refractivity contribution >= 4 is 6.29 Å². The molecule has 0 aliphatic rings. The van der Waals surface area contributed by atoms with Crippen LogP contribution in [0.25, 0.3) is 0 Å². The van der Waals surface area contributed by atoms with Crippen molar-refractivity contribution in [3.63, 3.8) is 0 Å². The molecule has 0 spiro atoms. The van der Waals surface area contributed by atoms with Gasteiger partial charge in [-0.25, -0.2) is 0 Å². The molecule has 0 unspecified atom stereocenters. The summed E-state index contributed by atoms with van der Waals surface area (Å²) in [6, 6.07) is 6.48. The highest BCUT2D eigenvalue weighted by Gasteiger charge is 2.34. The molecule has 0 fully saturated rings. The maximum absolute atomic E-state index is 10.9. The average molecular weight is 251 g/mol. The molecule has 1 rings (SSSR count). The van der Waals surface area contributed by atoms with Gasteiger partial charge in [0.2, 0.25) is 0 Å². The van der Waals surface area contributed by atoms with E-state index in [0.717, 1.165) is 6.42 Å². The molecule has 0 aromatic heterocycles. The van der Waals surface area contributed by atoms with E-state index < -0.39 is 11.8 Å². The zero-order valence-corrected chi connectivity index (χ0v) is 10.8. The van der Waals surface area contributed by atoms with Crippen LogP contribution in [0.3, 0.4) is 0 Å². The Morgan fingerprint density at radius 1 is 1.33 bits per heavy atom. The molecule has 4 heteroatoms. The van der Waals surface area contributed by atoms with Gasteiger partial charge in [0, 0.05) is 11.1 Å². The first-order valence-electron chi connectivity index (χ1n) is 6.13. The second-order valence-electron chi connectivity index (χ2n) is 5.02. The van der Waals surface area contributed by atoms with Crippen molar-refractivity contribution in [2.24, 2.45) is 11.7 Å². The Balaban J connectivity index is 2.93. The van der Waals surface area contributed by atoms with E-state index in [1.807, 2.05) is 13.8 Å². The lowest BCUT2D eigenvalue weighted by atomic mass is 9.90. The fraction of sp³-hybridized carbons (Fsp3) is 0.500. The molecular weight excluding hydrogens is 230 g/mol.